The Bertz CT molecular complexity index is 575. The van der Waals surface area contributed by atoms with Gasteiger partial charge in [-0.15, -0.1) is 0 Å². The van der Waals surface area contributed by atoms with Gasteiger partial charge in [0.15, 0.2) is 5.96 Å². The molecule has 8 heteroatoms. The molecule has 2 rings (SSSR count). The van der Waals surface area contributed by atoms with Gasteiger partial charge in [0, 0.05) is 42.3 Å². The Labute approximate surface area is 171 Å². The maximum absolute atomic E-state index is 10.3. The smallest absolute Gasteiger partial charge is 0.191 e. The van der Waals surface area contributed by atoms with E-state index < -0.39 is 6.10 Å². The van der Waals surface area contributed by atoms with Crippen LogP contribution in [0.25, 0.3) is 0 Å². The highest BCUT2D eigenvalue weighted by molar-refractivity contribution is 6.34. The molecule has 1 aliphatic heterocycles. The van der Waals surface area contributed by atoms with Gasteiger partial charge in [-0.05, 0) is 43.5 Å². The molecule has 0 radical (unpaired) electrons. The van der Waals surface area contributed by atoms with Gasteiger partial charge in [-0.25, -0.2) is 0 Å². The van der Waals surface area contributed by atoms with Crippen LogP contribution in [-0.4, -0.2) is 57.1 Å². The van der Waals surface area contributed by atoms with Gasteiger partial charge < -0.3 is 25.2 Å². The lowest BCUT2D eigenvalue weighted by Crippen LogP contribution is -2.38. The first-order chi connectivity index (χ1) is 13.1. The van der Waals surface area contributed by atoms with E-state index in [4.69, 9.17) is 32.7 Å². The average Bonchev–Trinajstić information content (AvgIpc) is 3.14. The number of nitrogens with zero attached hydrogens (tertiary/aromatic N) is 1. The highest BCUT2D eigenvalue weighted by atomic mass is 35.5. The summed E-state index contributed by atoms with van der Waals surface area (Å²) in [4.78, 5) is 4.43. The summed E-state index contributed by atoms with van der Waals surface area (Å²) in [7, 11) is 0. The molecule has 1 fully saturated rings. The van der Waals surface area contributed by atoms with Crippen LogP contribution in [0.5, 0.6) is 0 Å². The van der Waals surface area contributed by atoms with Crippen LogP contribution in [0.3, 0.4) is 0 Å². The molecule has 0 aromatic heterocycles. The zero-order chi connectivity index (χ0) is 19.5. The fourth-order valence-electron chi connectivity index (χ4n) is 2.74. The van der Waals surface area contributed by atoms with Crippen molar-refractivity contribution in [1.29, 1.82) is 0 Å². The lowest BCUT2D eigenvalue weighted by molar-refractivity contribution is 0.0888. The van der Waals surface area contributed by atoms with Crippen molar-refractivity contribution in [2.45, 2.75) is 25.9 Å². The van der Waals surface area contributed by atoms with E-state index in [0.29, 0.717) is 34.1 Å². The first-order valence-electron chi connectivity index (χ1n) is 9.40. The number of guanidine groups is 1. The third kappa shape index (κ3) is 8.66. The second-order valence-corrected chi connectivity index (χ2v) is 7.40. The number of aliphatic hydroxyl groups is 1. The van der Waals surface area contributed by atoms with Crippen LogP contribution < -0.4 is 10.6 Å². The second-order valence-electron chi connectivity index (χ2n) is 6.52. The van der Waals surface area contributed by atoms with Crippen molar-refractivity contribution in [2.24, 2.45) is 10.9 Å². The summed E-state index contributed by atoms with van der Waals surface area (Å²) in [5, 5.41) is 17.7. The Morgan fingerprint density at radius 3 is 2.78 bits per heavy atom. The maximum Gasteiger partial charge on any atom is 0.191 e. The SMILES string of the molecule is CCNC(=NCC(O)c1cc(Cl)cc(Cl)c1)NCCCOCC1CCOC1. The van der Waals surface area contributed by atoms with Gasteiger partial charge in [-0.3, -0.25) is 4.99 Å². The highest BCUT2D eigenvalue weighted by Gasteiger charge is 2.15. The van der Waals surface area contributed by atoms with Gasteiger partial charge >= 0.3 is 0 Å². The molecule has 2 atom stereocenters. The molecule has 1 aromatic rings. The number of aliphatic hydroxyl groups excluding tert-OH is 1. The monoisotopic (exact) mass is 417 g/mol. The zero-order valence-corrected chi connectivity index (χ0v) is 17.2. The minimum Gasteiger partial charge on any atom is -0.386 e. The van der Waals surface area contributed by atoms with Crippen molar-refractivity contribution in [2.75, 3.05) is 46.1 Å². The molecule has 27 heavy (non-hydrogen) atoms. The zero-order valence-electron chi connectivity index (χ0n) is 15.7. The normalized spacial score (nSPS) is 18.5. The van der Waals surface area contributed by atoms with Crippen molar-refractivity contribution in [3.8, 4) is 0 Å². The maximum atomic E-state index is 10.3. The molecule has 1 heterocycles. The predicted molar refractivity (Wildman–Crippen MR) is 110 cm³/mol. The number of aliphatic imine (C=N–C) groups is 1. The molecule has 0 amide bonds. The molecular formula is C19H29Cl2N3O3. The molecule has 152 valence electrons. The van der Waals surface area contributed by atoms with Crippen LogP contribution in [0, 0.1) is 5.92 Å². The number of nitrogens with one attached hydrogen (secondary N) is 2. The first kappa shape index (κ1) is 22.2. The number of ether oxygens (including phenoxy) is 2. The summed E-state index contributed by atoms with van der Waals surface area (Å²) in [6.45, 7) is 6.83. The lowest BCUT2D eigenvalue weighted by Gasteiger charge is -2.14. The summed E-state index contributed by atoms with van der Waals surface area (Å²) in [5.41, 5.74) is 0.649. The first-order valence-corrected chi connectivity index (χ1v) is 10.2. The van der Waals surface area contributed by atoms with E-state index in [2.05, 4.69) is 15.6 Å². The number of hydrogen-bond acceptors (Lipinski definition) is 4. The quantitative estimate of drug-likeness (QED) is 0.310. The molecule has 3 N–H and O–H groups in total. The summed E-state index contributed by atoms with van der Waals surface area (Å²) < 4.78 is 11.0. The molecule has 1 aliphatic rings. The summed E-state index contributed by atoms with van der Waals surface area (Å²) >= 11 is 12.0. The van der Waals surface area contributed by atoms with Gasteiger partial charge in [-0.2, -0.15) is 0 Å². The van der Waals surface area contributed by atoms with Gasteiger partial charge in [0.25, 0.3) is 0 Å². The number of benzene rings is 1. The Kier molecular flexibility index (Phi) is 10.2. The fourth-order valence-corrected chi connectivity index (χ4v) is 3.28. The Morgan fingerprint density at radius 1 is 1.33 bits per heavy atom. The molecule has 0 saturated carbocycles. The van der Waals surface area contributed by atoms with Gasteiger partial charge in [0.1, 0.15) is 0 Å². The lowest BCUT2D eigenvalue weighted by atomic mass is 10.1. The minimum absolute atomic E-state index is 0.212. The van der Waals surface area contributed by atoms with E-state index in [0.717, 1.165) is 45.8 Å². The highest BCUT2D eigenvalue weighted by Crippen LogP contribution is 2.23. The molecule has 6 nitrogen and oxygen atoms in total. The van der Waals surface area contributed by atoms with Crippen LogP contribution in [-0.2, 0) is 9.47 Å². The van der Waals surface area contributed by atoms with E-state index in [9.17, 15) is 5.11 Å². The molecule has 2 unspecified atom stereocenters. The van der Waals surface area contributed by atoms with Crippen LogP contribution >= 0.6 is 23.2 Å². The third-order valence-electron chi connectivity index (χ3n) is 4.17. The van der Waals surface area contributed by atoms with E-state index in [1.807, 2.05) is 6.92 Å². The standard InChI is InChI=1S/C19H29Cl2N3O3/c1-2-22-19(23-5-3-6-26-12-14-4-7-27-13-14)24-11-18(25)15-8-16(20)10-17(21)9-15/h8-10,14,18,25H,2-7,11-13H2,1H3,(H2,22,23,24). The predicted octanol–water partition coefficient (Wildman–Crippen LogP) is 3.03. The van der Waals surface area contributed by atoms with Gasteiger partial charge in [0.2, 0.25) is 0 Å². The number of rotatable bonds is 10. The molecule has 0 spiro atoms. The van der Waals surface area contributed by atoms with Crippen LogP contribution in [0.2, 0.25) is 10.0 Å². The summed E-state index contributed by atoms with van der Waals surface area (Å²) in [6, 6.07) is 5.03. The van der Waals surface area contributed by atoms with Crippen molar-refractivity contribution < 1.29 is 14.6 Å². The molecular weight excluding hydrogens is 389 g/mol. The Morgan fingerprint density at radius 2 is 2.11 bits per heavy atom. The van der Waals surface area contributed by atoms with Crippen molar-refractivity contribution in [3.05, 3.63) is 33.8 Å². The topological polar surface area (TPSA) is 75.1 Å². The minimum atomic E-state index is -0.770. The van der Waals surface area contributed by atoms with Crippen molar-refractivity contribution in [3.63, 3.8) is 0 Å². The van der Waals surface area contributed by atoms with Gasteiger partial charge in [-0.1, -0.05) is 23.2 Å². The second kappa shape index (κ2) is 12.4. The average molecular weight is 418 g/mol. The van der Waals surface area contributed by atoms with E-state index in [1.54, 1.807) is 18.2 Å². The van der Waals surface area contributed by atoms with Crippen molar-refractivity contribution in [1.82, 2.24) is 10.6 Å². The van der Waals surface area contributed by atoms with Crippen LogP contribution in [0.15, 0.2) is 23.2 Å². The fraction of sp³-hybridized carbons (Fsp3) is 0.632. The molecule has 0 bridgehead atoms. The summed E-state index contributed by atoms with van der Waals surface area (Å²) in [5.74, 6) is 1.20. The molecule has 1 saturated heterocycles. The molecule has 1 aromatic carbocycles. The third-order valence-corrected chi connectivity index (χ3v) is 4.61. The largest absolute Gasteiger partial charge is 0.386 e. The number of hydrogen-bond donors (Lipinski definition) is 3. The summed E-state index contributed by atoms with van der Waals surface area (Å²) in [6.07, 6.45) is 1.20. The van der Waals surface area contributed by atoms with E-state index in [1.165, 1.54) is 0 Å². The Hall–Kier alpha value is -1.05. The number of halogens is 2. The Balaban J connectivity index is 1.70. The van der Waals surface area contributed by atoms with Crippen molar-refractivity contribution >= 4 is 29.2 Å². The van der Waals surface area contributed by atoms with Crippen LogP contribution in [0.1, 0.15) is 31.4 Å². The van der Waals surface area contributed by atoms with E-state index >= 15 is 0 Å². The van der Waals surface area contributed by atoms with Crippen LogP contribution in [0.4, 0.5) is 0 Å². The van der Waals surface area contributed by atoms with Gasteiger partial charge in [0.05, 0.1) is 25.9 Å². The molecule has 0 aliphatic carbocycles. The van der Waals surface area contributed by atoms with E-state index in [-0.39, 0.29) is 6.54 Å².